The van der Waals surface area contributed by atoms with Gasteiger partial charge in [0.1, 0.15) is 23.2 Å². The van der Waals surface area contributed by atoms with Gasteiger partial charge in [-0.3, -0.25) is 19.3 Å². The molecule has 35 heavy (non-hydrogen) atoms. The van der Waals surface area contributed by atoms with E-state index in [0.29, 0.717) is 11.3 Å². The van der Waals surface area contributed by atoms with Gasteiger partial charge in [0, 0.05) is 38.1 Å². The van der Waals surface area contributed by atoms with E-state index in [-0.39, 0.29) is 17.9 Å². The Labute approximate surface area is 202 Å². The molecule has 3 aliphatic heterocycles. The molecule has 0 aromatic heterocycles. The van der Waals surface area contributed by atoms with Crippen LogP contribution in [0.2, 0.25) is 0 Å². The number of urea groups is 1. The number of imide groups is 2. The maximum atomic E-state index is 13.8. The molecule has 1 aromatic rings. The van der Waals surface area contributed by atoms with Crippen molar-refractivity contribution in [2.24, 2.45) is 5.92 Å². The van der Waals surface area contributed by atoms with E-state index in [4.69, 9.17) is 14.2 Å². The van der Waals surface area contributed by atoms with Crippen molar-refractivity contribution in [2.75, 3.05) is 28.4 Å². The second-order valence-electron chi connectivity index (χ2n) is 9.26. The van der Waals surface area contributed by atoms with Crippen molar-refractivity contribution >= 4 is 23.8 Å². The summed E-state index contributed by atoms with van der Waals surface area (Å²) in [6.07, 6.45) is -0.0128. The Morgan fingerprint density at radius 1 is 1.09 bits per heavy atom. The summed E-state index contributed by atoms with van der Waals surface area (Å²) in [5.41, 5.74) is -2.70. The SMILES string of the molecule is COc1cc(OC)c([C@@H]2[C@@H](C#N)[C@]3(C(=O)N(C)C(=O)N3C(C)=O)N3C(=O)CC(C)(C)N23)c(OC)c1. The first kappa shape index (κ1) is 24.3. The van der Waals surface area contributed by atoms with Gasteiger partial charge < -0.3 is 14.2 Å². The number of nitrogens with zero attached hydrogens (tertiary/aromatic N) is 5. The van der Waals surface area contributed by atoms with E-state index in [9.17, 15) is 24.4 Å². The van der Waals surface area contributed by atoms with Crippen molar-refractivity contribution < 1.29 is 33.4 Å². The summed E-state index contributed by atoms with van der Waals surface area (Å²) in [4.78, 5) is 54.6. The average molecular weight is 485 g/mol. The molecular formula is C23H27N5O7. The molecule has 5 amide bonds. The van der Waals surface area contributed by atoms with Gasteiger partial charge in [-0.2, -0.15) is 5.26 Å². The molecule has 0 aliphatic carbocycles. The second-order valence-corrected chi connectivity index (χ2v) is 9.26. The van der Waals surface area contributed by atoms with Crippen LogP contribution in [0.1, 0.15) is 38.8 Å². The van der Waals surface area contributed by atoms with E-state index in [1.807, 2.05) is 0 Å². The Balaban J connectivity index is 2.11. The first-order chi connectivity index (χ1) is 16.4. The monoisotopic (exact) mass is 485 g/mol. The number of hydrogen-bond acceptors (Lipinski definition) is 9. The zero-order chi connectivity index (χ0) is 26.0. The Kier molecular flexibility index (Phi) is 5.44. The highest BCUT2D eigenvalue weighted by atomic mass is 16.5. The molecule has 3 aliphatic rings. The van der Waals surface area contributed by atoms with Gasteiger partial charge in [0.2, 0.25) is 17.5 Å². The Bertz CT molecular complexity index is 1170. The molecule has 186 valence electrons. The predicted octanol–water partition coefficient (Wildman–Crippen LogP) is 1.27. The molecule has 12 heteroatoms. The lowest BCUT2D eigenvalue weighted by Crippen LogP contribution is -2.65. The average Bonchev–Trinajstić information content (AvgIpc) is 3.33. The molecule has 1 spiro atoms. The number of methoxy groups -OCH3 is 3. The summed E-state index contributed by atoms with van der Waals surface area (Å²) >= 11 is 0. The molecular weight excluding hydrogens is 458 g/mol. The van der Waals surface area contributed by atoms with Crippen molar-refractivity contribution in [3.63, 3.8) is 0 Å². The third-order valence-electron chi connectivity index (χ3n) is 6.93. The summed E-state index contributed by atoms with van der Waals surface area (Å²) in [5, 5.41) is 13.2. The number of likely N-dealkylation sites (N-methyl/N-ethyl adjacent to an activating group) is 1. The van der Waals surface area contributed by atoms with E-state index in [2.05, 4.69) is 6.07 Å². The topological polar surface area (TPSA) is 133 Å². The largest absolute Gasteiger partial charge is 0.496 e. The highest BCUT2D eigenvalue weighted by Crippen LogP contribution is 2.60. The number of carbonyl (C=O) groups excluding carboxylic acids is 4. The predicted molar refractivity (Wildman–Crippen MR) is 119 cm³/mol. The van der Waals surface area contributed by atoms with Gasteiger partial charge in [-0.25, -0.2) is 19.7 Å². The minimum absolute atomic E-state index is 0.0128. The van der Waals surface area contributed by atoms with E-state index < -0.39 is 46.9 Å². The molecule has 1 aromatic carbocycles. The highest BCUT2D eigenvalue weighted by molar-refractivity contribution is 6.15. The van der Waals surface area contributed by atoms with Gasteiger partial charge in [-0.1, -0.05) is 0 Å². The molecule has 3 heterocycles. The molecule has 0 radical (unpaired) electrons. The van der Waals surface area contributed by atoms with Crippen LogP contribution in [0.4, 0.5) is 4.79 Å². The molecule has 3 fully saturated rings. The third-order valence-corrected chi connectivity index (χ3v) is 6.93. The molecule has 3 atom stereocenters. The maximum absolute atomic E-state index is 13.8. The number of amides is 5. The van der Waals surface area contributed by atoms with Crippen LogP contribution in [0.5, 0.6) is 17.2 Å². The van der Waals surface area contributed by atoms with E-state index in [0.717, 1.165) is 21.7 Å². The highest BCUT2D eigenvalue weighted by Gasteiger charge is 2.78. The first-order valence-electron chi connectivity index (χ1n) is 10.9. The number of nitriles is 1. The summed E-state index contributed by atoms with van der Waals surface area (Å²) in [5.74, 6) is -2.46. The number of ether oxygens (including phenoxy) is 3. The smallest absolute Gasteiger partial charge is 0.335 e. The molecule has 0 unspecified atom stereocenters. The maximum Gasteiger partial charge on any atom is 0.335 e. The van der Waals surface area contributed by atoms with Crippen molar-refractivity contribution in [1.29, 1.82) is 5.26 Å². The summed E-state index contributed by atoms with van der Waals surface area (Å²) < 4.78 is 16.6. The third kappa shape index (κ3) is 2.88. The fraction of sp³-hybridized carbons (Fsp3) is 0.522. The molecule has 0 saturated carbocycles. The Morgan fingerprint density at radius 3 is 2.11 bits per heavy atom. The van der Waals surface area contributed by atoms with Gasteiger partial charge in [0.15, 0.2) is 0 Å². The molecule has 0 bridgehead atoms. The fourth-order valence-corrected chi connectivity index (χ4v) is 5.60. The molecule has 12 nitrogen and oxygen atoms in total. The van der Waals surface area contributed by atoms with Crippen LogP contribution < -0.4 is 14.2 Å². The fourth-order valence-electron chi connectivity index (χ4n) is 5.60. The standard InChI is InChI=1S/C23H27N5O7/c1-12(29)26-21(32)25(4)20(31)23(26)14(11-24)19(28-22(2,3)10-17(30)27(23)28)18-15(34-6)8-13(33-5)9-16(18)35-7/h8-9,14,19H,10H2,1-7H3/t14-,19+,23-/m1/s1. The number of rotatable bonds is 4. The van der Waals surface area contributed by atoms with Crippen LogP contribution in [0.15, 0.2) is 12.1 Å². The van der Waals surface area contributed by atoms with E-state index in [1.165, 1.54) is 28.4 Å². The van der Waals surface area contributed by atoms with Crippen LogP contribution >= 0.6 is 0 Å². The first-order valence-corrected chi connectivity index (χ1v) is 10.9. The zero-order valence-corrected chi connectivity index (χ0v) is 20.6. The summed E-state index contributed by atoms with van der Waals surface area (Å²) in [6, 6.07) is 3.44. The second kappa shape index (κ2) is 7.84. The van der Waals surface area contributed by atoms with Crippen LogP contribution in [-0.2, 0) is 14.4 Å². The number of benzene rings is 1. The van der Waals surface area contributed by atoms with Gasteiger partial charge in [0.25, 0.3) is 5.91 Å². The van der Waals surface area contributed by atoms with Crippen molar-refractivity contribution in [3.8, 4) is 23.3 Å². The van der Waals surface area contributed by atoms with Crippen molar-refractivity contribution in [2.45, 2.75) is 44.4 Å². The summed E-state index contributed by atoms with van der Waals surface area (Å²) in [7, 11) is 5.56. The normalized spacial score (nSPS) is 27.5. The number of fused-ring (bicyclic) bond motifs is 2. The molecule has 4 rings (SSSR count). The molecule has 3 saturated heterocycles. The lowest BCUT2D eigenvalue weighted by atomic mass is 9.81. The lowest BCUT2D eigenvalue weighted by Gasteiger charge is -2.40. The zero-order valence-electron chi connectivity index (χ0n) is 20.6. The van der Waals surface area contributed by atoms with Crippen LogP contribution in [0.25, 0.3) is 0 Å². The number of hydrazine groups is 1. The Morgan fingerprint density at radius 2 is 1.66 bits per heavy atom. The van der Waals surface area contributed by atoms with Gasteiger partial charge in [-0.15, -0.1) is 0 Å². The minimum atomic E-state index is -2.20. The van der Waals surface area contributed by atoms with E-state index in [1.54, 1.807) is 31.0 Å². The van der Waals surface area contributed by atoms with Crippen molar-refractivity contribution in [3.05, 3.63) is 17.7 Å². The van der Waals surface area contributed by atoms with Gasteiger partial charge in [0.05, 0.1) is 39.0 Å². The Hall–Kier alpha value is -3.85. The van der Waals surface area contributed by atoms with Crippen molar-refractivity contribution in [1.82, 2.24) is 19.8 Å². The van der Waals surface area contributed by atoms with Gasteiger partial charge in [-0.05, 0) is 13.8 Å². The number of carbonyl (C=O) groups is 4. The summed E-state index contributed by atoms with van der Waals surface area (Å²) in [6.45, 7) is 4.70. The minimum Gasteiger partial charge on any atom is -0.496 e. The van der Waals surface area contributed by atoms with E-state index >= 15 is 0 Å². The molecule has 0 N–H and O–H groups in total. The quantitative estimate of drug-likeness (QED) is 0.578. The van der Waals surface area contributed by atoms with Gasteiger partial charge >= 0.3 is 6.03 Å². The lowest BCUT2D eigenvalue weighted by molar-refractivity contribution is -0.172. The van der Waals surface area contributed by atoms with Crippen LogP contribution in [-0.4, -0.2) is 83.1 Å². The van der Waals surface area contributed by atoms with Crippen LogP contribution in [0.3, 0.4) is 0 Å². The number of hydrogen-bond donors (Lipinski definition) is 0. The van der Waals surface area contributed by atoms with Crippen LogP contribution in [0, 0.1) is 17.2 Å².